The van der Waals surface area contributed by atoms with E-state index < -0.39 is 0 Å². The highest BCUT2D eigenvalue weighted by atomic mass is 32.1. The number of benzene rings is 2. The van der Waals surface area contributed by atoms with Crippen LogP contribution in [0.25, 0.3) is 0 Å². The molecule has 1 saturated heterocycles. The molecule has 1 fully saturated rings. The molecule has 0 atom stereocenters. The van der Waals surface area contributed by atoms with E-state index in [0.29, 0.717) is 18.0 Å². The van der Waals surface area contributed by atoms with Gasteiger partial charge in [-0.3, -0.25) is 4.79 Å². The topological polar surface area (TPSA) is 70.7 Å². The molecule has 0 bridgehead atoms. The lowest BCUT2D eigenvalue weighted by atomic mass is 10.1. The molecule has 0 unspecified atom stereocenters. The number of rotatable bonds is 8. The number of carbonyl (C=O) groups is 1. The van der Waals surface area contributed by atoms with Gasteiger partial charge in [0, 0.05) is 75.6 Å². The van der Waals surface area contributed by atoms with Crippen LogP contribution >= 0.6 is 12.2 Å². The third-order valence-corrected chi connectivity index (χ3v) is 6.92. The van der Waals surface area contributed by atoms with Crippen LogP contribution in [-0.2, 0) is 6.54 Å². The number of thiocarbonyl (C=S) groups is 1. The summed E-state index contributed by atoms with van der Waals surface area (Å²) in [5.74, 6) is 0.513. The lowest BCUT2D eigenvalue weighted by Crippen LogP contribution is -2.52. The number of hydrogen-bond donors (Lipinski definition) is 2. The minimum Gasteiger partial charge on any atom is -0.378 e. The summed E-state index contributed by atoms with van der Waals surface area (Å²) in [6.45, 7) is 9.25. The summed E-state index contributed by atoms with van der Waals surface area (Å²) in [7, 11) is 3.97. The molecule has 9 heteroatoms. The van der Waals surface area contributed by atoms with Gasteiger partial charge >= 0.3 is 0 Å². The maximum atomic E-state index is 13.6. The summed E-state index contributed by atoms with van der Waals surface area (Å²) in [5, 5.41) is 4.21. The molecule has 0 saturated carbocycles. The summed E-state index contributed by atoms with van der Waals surface area (Å²) < 4.78 is 0. The quantitative estimate of drug-likeness (QED) is 0.437. The van der Waals surface area contributed by atoms with Crippen LogP contribution in [0, 0.1) is 5.92 Å². The first-order valence-electron chi connectivity index (χ1n) is 12.8. The lowest BCUT2D eigenvalue weighted by molar-refractivity contribution is 0.0985. The summed E-state index contributed by atoms with van der Waals surface area (Å²) in [4.78, 5) is 29.2. The third-order valence-electron chi connectivity index (χ3n) is 6.51. The van der Waals surface area contributed by atoms with E-state index in [-0.39, 0.29) is 5.91 Å². The van der Waals surface area contributed by atoms with Crippen LogP contribution in [0.3, 0.4) is 0 Å². The van der Waals surface area contributed by atoms with Gasteiger partial charge in [-0.2, -0.15) is 0 Å². The van der Waals surface area contributed by atoms with E-state index in [1.54, 1.807) is 17.4 Å². The SMILES string of the molecule is CC(C)CNC(=S)N1CCN(c2ccc(N(Cc3cnc[nH]3)C(=O)c3ccc(N(C)C)cc3)cc2)CC1. The van der Waals surface area contributed by atoms with Gasteiger partial charge in [0.05, 0.1) is 18.6 Å². The third kappa shape index (κ3) is 6.80. The Kier molecular flexibility index (Phi) is 8.66. The largest absolute Gasteiger partial charge is 0.378 e. The van der Waals surface area contributed by atoms with Crippen molar-refractivity contribution >= 4 is 40.3 Å². The molecule has 1 aromatic heterocycles. The Morgan fingerprint density at radius 1 is 1.03 bits per heavy atom. The van der Waals surface area contributed by atoms with Crippen LogP contribution in [-0.4, -0.2) is 72.7 Å². The Morgan fingerprint density at radius 2 is 1.68 bits per heavy atom. The average molecular weight is 520 g/mol. The van der Waals surface area contributed by atoms with Gasteiger partial charge in [-0.05, 0) is 66.7 Å². The molecule has 37 heavy (non-hydrogen) atoms. The van der Waals surface area contributed by atoms with E-state index >= 15 is 0 Å². The number of amides is 1. The molecule has 1 aliphatic heterocycles. The van der Waals surface area contributed by atoms with Crippen molar-refractivity contribution in [2.24, 2.45) is 5.92 Å². The molecule has 0 spiro atoms. The van der Waals surface area contributed by atoms with Gasteiger partial charge in [-0.25, -0.2) is 4.98 Å². The second-order valence-corrected chi connectivity index (χ2v) is 10.4. The first-order valence-corrected chi connectivity index (χ1v) is 13.2. The van der Waals surface area contributed by atoms with Gasteiger partial charge in [0.2, 0.25) is 0 Å². The number of imidazole rings is 1. The first kappa shape index (κ1) is 26.5. The van der Waals surface area contributed by atoms with Crippen molar-refractivity contribution in [3.05, 3.63) is 72.3 Å². The Bertz CT molecular complexity index is 1150. The Morgan fingerprint density at radius 3 is 2.24 bits per heavy atom. The molecule has 196 valence electrons. The summed E-state index contributed by atoms with van der Waals surface area (Å²) in [5.41, 5.74) is 4.57. The minimum atomic E-state index is -0.0521. The number of carbonyl (C=O) groups excluding carboxylic acids is 1. The number of nitrogens with one attached hydrogen (secondary N) is 2. The molecule has 0 aliphatic carbocycles. The highest BCUT2D eigenvalue weighted by molar-refractivity contribution is 7.80. The molecule has 2 heterocycles. The number of hydrogen-bond acceptors (Lipinski definition) is 5. The van der Waals surface area contributed by atoms with E-state index in [1.165, 1.54) is 0 Å². The van der Waals surface area contributed by atoms with E-state index in [9.17, 15) is 4.79 Å². The summed E-state index contributed by atoms with van der Waals surface area (Å²) >= 11 is 5.57. The van der Waals surface area contributed by atoms with Gasteiger partial charge in [0.15, 0.2) is 5.11 Å². The fourth-order valence-electron chi connectivity index (χ4n) is 4.29. The van der Waals surface area contributed by atoms with Crippen molar-refractivity contribution in [2.75, 3.05) is 61.5 Å². The molecule has 3 aromatic rings. The van der Waals surface area contributed by atoms with Gasteiger partial charge in [-0.15, -0.1) is 0 Å². The number of nitrogens with zero attached hydrogens (tertiary/aromatic N) is 5. The molecular formula is C28H37N7OS. The highest BCUT2D eigenvalue weighted by Gasteiger charge is 2.22. The Labute approximate surface area is 225 Å². The number of aromatic amines is 1. The van der Waals surface area contributed by atoms with Crippen LogP contribution in [0.15, 0.2) is 61.1 Å². The zero-order valence-corrected chi connectivity index (χ0v) is 23.0. The molecule has 4 rings (SSSR count). The second-order valence-electron chi connectivity index (χ2n) is 9.98. The minimum absolute atomic E-state index is 0.0521. The second kappa shape index (κ2) is 12.1. The van der Waals surface area contributed by atoms with Gasteiger partial charge < -0.3 is 29.9 Å². The fraction of sp³-hybridized carbons (Fsp3) is 0.393. The van der Waals surface area contributed by atoms with E-state index in [2.05, 4.69) is 51.1 Å². The van der Waals surface area contributed by atoms with Gasteiger partial charge in [-0.1, -0.05) is 13.8 Å². The molecule has 0 radical (unpaired) electrons. The van der Waals surface area contributed by atoms with Gasteiger partial charge in [0.1, 0.15) is 0 Å². The Hall–Kier alpha value is -3.59. The van der Waals surface area contributed by atoms with Crippen LogP contribution in [0.5, 0.6) is 0 Å². The van der Waals surface area contributed by atoms with E-state index in [0.717, 1.165) is 60.6 Å². The number of piperazine rings is 1. The van der Waals surface area contributed by atoms with Crippen molar-refractivity contribution in [3.63, 3.8) is 0 Å². The van der Waals surface area contributed by atoms with Crippen molar-refractivity contribution < 1.29 is 4.79 Å². The summed E-state index contributed by atoms with van der Waals surface area (Å²) in [6, 6.07) is 15.9. The predicted octanol–water partition coefficient (Wildman–Crippen LogP) is 3.98. The monoisotopic (exact) mass is 519 g/mol. The standard InChI is InChI=1S/C28H37N7OS/c1-21(2)17-30-28(37)34-15-13-33(14-16-34)25-9-11-26(12-10-25)35(19-23-18-29-20-31-23)27(36)22-5-7-24(8-6-22)32(3)4/h5-12,18,20-21H,13-17,19H2,1-4H3,(H,29,31)(H,30,37). The predicted molar refractivity (Wildman–Crippen MR) is 156 cm³/mol. The Balaban J connectivity index is 1.45. The van der Waals surface area contributed by atoms with Crippen LogP contribution in [0.4, 0.5) is 17.1 Å². The van der Waals surface area contributed by atoms with Crippen molar-refractivity contribution in [1.29, 1.82) is 0 Å². The molecule has 2 aromatic carbocycles. The first-order chi connectivity index (χ1) is 17.8. The molecule has 1 aliphatic rings. The van der Waals surface area contributed by atoms with Crippen LogP contribution in [0.1, 0.15) is 29.9 Å². The summed E-state index contributed by atoms with van der Waals surface area (Å²) in [6.07, 6.45) is 3.39. The lowest BCUT2D eigenvalue weighted by Gasteiger charge is -2.37. The van der Waals surface area contributed by atoms with Crippen molar-refractivity contribution in [3.8, 4) is 0 Å². The van der Waals surface area contributed by atoms with Crippen LogP contribution < -0.4 is 20.0 Å². The maximum Gasteiger partial charge on any atom is 0.258 e. The van der Waals surface area contributed by atoms with E-state index in [4.69, 9.17) is 12.2 Å². The molecular weight excluding hydrogens is 482 g/mol. The maximum absolute atomic E-state index is 13.6. The van der Waals surface area contributed by atoms with Crippen molar-refractivity contribution in [2.45, 2.75) is 20.4 Å². The number of anilines is 3. The zero-order chi connectivity index (χ0) is 26.4. The smallest absolute Gasteiger partial charge is 0.258 e. The van der Waals surface area contributed by atoms with Crippen LogP contribution in [0.2, 0.25) is 0 Å². The highest BCUT2D eigenvalue weighted by Crippen LogP contribution is 2.25. The fourth-order valence-corrected chi connectivity index (χ4v) is 4.56. The number of H-pyrrole nitrogens is 1. The van der Waals surface area contributed by atoms with E-state index in [1.807, 2.05) is 55.4 Å². The van der Waals surface area contributed by atoms with Gasteiger partial charge in [0.25, 0.3) is 5.91 Å². The van der Waals surface area contributed by atoms with Crippen molar-refractivity contribution in [1.82, 2.24) is 20.2 Å². The molecule has 1 amide bonds. The molecule has 8 nitrogen and oxygen atoms in total. The number of aromatic nitrogens is 2. The molecule has 2 N–H and O–H groups in total. The normalized spacial score (nSPS) is 13.5. The average Bonchev–Trinajstić information content (AvgIpc) is 3.44. The zero-order valence-electron chi connectivity index (χ0n) is 22.1.